The maximum atomic E-state index is 13.4. The highest BCUT2D eigenvalue weighted by Gasteiger charge is 2.32. The highest BCUT2D eigenvalue weighted by Crippen LogP contribution is 2.32. The van der Waals surface area contributed by atoms with E-state index in [9.17, 15) is 8.42 Å². The minimum Gasteiger partial charge on any atom is -0.493 e. The van der Waals surface area contributed by atoms with E-state index in [4.69, 9.17) is 10.00 Å². The lowest BCUT2D eigenvalue weighted by Gasteiger charge is -2.38. The van der Waals surface area contributed by atoms with Crippen molar-refractivity contribution in [3.8, 4) is 11.8 Å². The number of nitrogens with one attached hydrogen (secondary N) is 1. The Hall–Kier alpha value is -3.72. The van der Waals surface area contributed by atoms with E-state index in [0.29, 0.717) is 44.1 Å². The molecule has 1 aromatic carbocycles. The Balaban J connectivity index is 1.06. The molecule has 0 amide bonds. The normalized spacial score (nSPS) is 19.4. The van der Waals surface area contributed by atoms with Gasteiger partial charge in [-0.3, -0.25) is 4.90 Å². The molecule has 10 nitrogen and oxygen atoms in total. The molecule has 202 valence electrons. The van der Waals surface area contributed by atoms with E-state index in [2.05, 4.69) is 32.0 Å². The van der Waals surface area contributed by atoms with Crippen molar-refractivity contribution in [1.29, 1.82) is 5.26 Å². The van der Waals surface area contributed by atoms with Crippen LogP contribution in [-0.4, -0.2) is 84.3 Å². The van der Waals surface area contributed by atoms with E-state index in [-0.39, 0.29) is 11.8 Å². The van der Waals surface area contributed by atoms with Gasteiger partial charge >= 0.3 is 0 Å². The molecule has 0 bridgehead atoms. The number of ether oxygens (including phenoxy) is 1. The zero-order valence-electron chi connectivity index (χ0n) is 21.7. The van der Waals surface area contributed by atoms with Crippen LogP contribution in [-0.2, 0) is 10.0 Å². The molecular formula is C28H31N7O3S. The van der Waals surface area contributed by atoms with E-state index < -0.39 is 10.0 Å². The number of piperidine rings is 1. The van der Waals surface area contributed by atoms with Gasteiger partial charge in [0, 0.05) is 74.0 Å². The first-order chi connectivity index (χ1) is 19.0. The Morgan fingerprint density at radius 3 is 2.67 bits per heavy atom. The van der Waals surface area contributed by atoms with Gasteiger partial charge in [-0.2, -0.15) is 5.26 Å². The number of piperazine rings is 1. The van der Waals surface area contributed by atoms with Crippen molar-refractivity contribution >= 4 is 37.6 Å². The standard InChI is InChI=1S/C28H31N7O3S/c29-16-21-3-5-23(6-4-21)38-19-22-2-1-11-35(18-22)39(36,37)20-33-12-14-34(15-13-33)26-8-10-30-25-17-32-28-24(27(25)26)7-9-31-28/h3-10,17,22,30H,1-2,11-15,18-20H2. The van der Waals surface area contributed by atoms with Crippen molar-refractivity contribution in [2.24, 2.45) is 5.92 Å². The highest BCUT2D eigenvalue weighted by molar-refractivity contribution is 7.89. The number of aromatic nitrogens is 3. The van der Waals surface area contributed by atoms with Gasteiger partial charge in [0.15, 0.2) is 5.65 Å². The Labute approximate surface area is 227 Å². The minimum absolute atomic E-state index is 0.0360. The molecule has 3 aromatic heterocycles. The van der Waals surface area contributed by atoms with Crippen LogP contribution < -0.4 is 9.64 Å². The average molecular weight is 546 g/mol. The van der Waals surface area contributed by atoms with Gasteiger partial charge < -0.3 is 14.6 Å². The number of hydrogen-bond acceptors (Lipinski definition) is 8. The van der Waals surface area contributed by atoms with Crippen LogP contribution in [0.15, 0.2) is 55.0 Å². The van der Waals surface area contributed by atoms with Crippen molar-refractivity contribution in [3.63, 3.8) is 0 Å². The minimum atomic E-state index is -3.42. The van der Waals surface area contributed by atoms with Gasteiger partial charge in [0.1, 0.15) is 11.6 Å². The van der Waals surface area contributed by atoms with Crippen LogP contribution in [0.3, 0.4) is 0 Å². The van der Waals surface area contributed by atoms with Crippen LogP contribution in [0, 0.1) is 17.2 Å². The first-order valence-corrected chi connectivity index (χ1v) is 14.9. The van der Waals surface area contributed by atoms with Gasteiger partial charge in [0.05, 0.1) is 30.0 Å². The number of hydrogen-bond donors (Lipinski definition) is 1. The second kappa shape index (κ2) is 10.8. The van der Waals surface area contributed by atoms with Crippen LogP contribution >= 0.6 is 0 Å². The Morgan fingerprint density at radius 2 is 1.87 bits per heavy atom. The van der Waals surface area contributed by atoms with Gasteiger partial charge in [0.25, 0.3) is 0 Å². The number of nitrogens with zero attached hydrogens (tertiary/aromatic N) is 6. The number of rotatable bonds is 7. The summed E-state index contributed by atoms with van der Waals surface area (Å²) in [5.74, 6) is 0.873. The Bertz CT molecular complexity index is 1610. The van der Waals surface area contributed by atoms with E-state index >= 15 is 0 Å². The first-order valence-electron chi connectivity index (χ1n) is 13.3. The Kier molecular flexibility index (Phi) is 7.08. The fraction of sp³-hybridized carbons (Fsp3) is 0.393. The number of sulfonamides is 1. The zero-order valence-corrected chi connectivity index (χ0v) is 22.5. The van der Waals surface area contributed by atoms with Crippen LogP contribution in [0.1, 0.15) is 18.4 Å². The van der Waals surface area contributed by atoms with Crippen molar-refractivity contribution in [2.45, 2.75) is 12.8 Å². The molecule has 1 unspecified atom stereocenters. The fourth-order valence-electron chi connectivity index (χ4n) is 5.59. The monoisotopic (exact) mass is 545 g/mol. The number of H-pyrrole nitrogens is 1. The van der Waals surface area contributed by atoms with Gasteiger partial charge in [0.2, 0.25) is 10.0 Å². The summed E-state index contributed by atoms with van der Waals surface area (Å²) in [6.45, 7) is 4.32. The number of aromatic amines is 1. The van der Waals surface area contributed by atoms with Gasteiger partial charge in [-0.1, -0.05) is 0 Å². The van der Waals surface area contributed by atoms with Crippen molar-refractivity contribution in [1.82, 2.24) is 24.2 Å². The smallest absolute Gasteiger partial charge is 0.227 e. The van der Waals surface area contributed by atoms with Gasteiger partial charge in [-0.05, 0) is 49.2 Å². The number of nitriles is 1. The van der Waals surface area contributed by atoms with Gasteiger partial charge in [-0.15, -0.1) is 0 Å². The predicted molar refractivity (Wildman–Crippen MR) is 150 cm³/mol. The highest BCUT2D eigenvalue weighted by atomic mass is 32.2. The molecule has 5 heterocycles. The molecule has 0 saturated carbocycles. The van der Waals surface area contributed by atoms with E-state index in [1.807, 2.05) is 23.4 Å². The summed E-state index contributed by atoms with van der Waals surface area (Å²) in [4.78, 5) is 16.4. The van der Waals surface area contributed by atoms with Crippen LogP contribution in [0.4, 0.5) is 5.69 Å². The molecule has 2 aliphatic rings. The molecule has 2 fully saturated rings. The van der Waals surface area contributed by atoms with E-state index in [1.165, 1.54) is 0 Å². The lowest BCUT2D eigenvalue weighted by atomic mass is 10.0. The summed E-state index contributed by atoms with van der Waals surface area (Å²) >= 11 is 0. The van der Waals surface area contributed by atoms with E-state index in [1.54, 1.807) is 34.8 Å². The molecule has 11 heteroatoms. The van der Waals surface area contributed by atoms with Crippen LogP contribution in [0.5, 0.6) is 5.75 Å². The summed E-state index contributed by atoms with van der Waals surface area (Å²) in [6, 6.07) is 13.2. The maximum absolute atomic E-state index is 13.4. The summed E-state index contributed by atoms with van der Waals surface area (Å²) in [6.07, 6.45) is 7.28. The molecular weight excluding hydrogens is 514 g/mol. The topological polar surface area (TPSA) is 118 Å². The van der Waals surface area contributed by atoms with Crippen molar-refractivity contribution < 1.29 is 13.2 Å². The number of pyridine rings is 2. The maximum Gasteiger partial charge on any atom is 0.227 e. The molecule has 2 aliphatic heterocycles. The lowest BCUT2D eigenvalue weighted by Crippen LogP contribution is -2.51. The molecule has 1 N–H and O–H groups in total. The lowest BCUT2D eigenvalue weighted by molar-refractivity contribution is 0.178. The summed E-state index contributed by atoms with van der Waals surface area (Å²) in [5, 5.41) is 11.1. The summed E-state index contributed by atoms with van der Waals surface area (Å²) in [5.41, 5.74) is 3.39. The van der Waals surface area contributed by atoms with E-state index in [0.717, 1.165) is 53.6 Å². The Morgan fingerprint density at radius 1 is 1.05 bits per heavy atom. The van der Waals surface area contributed by atoms with Gasteiger partial charge in [-0.25, -0.2) is 22.7 Å². The summed E-state index contributed by atoms with van der Waals surface area (Å²) < 4.78 is 34.3. The largest absolute Gasteiger partial charge is 0.493 e. The third-order valence-electron chi connectivity index (χ3n) is 7.67. The first kappa shape index (κ1) is 25.6. The zero-order chi connectivity index (χ0) is 26.8. The third-order valence-corrected chi connectivity index (χ3v) is 9.48. The van der Waals surface area contributed by atoms with Crippen molar-refractivity contribution in [2.75, 3.05) is 56.7 Å². The summed E-state index contributed by atoms with van der Waals surface area (Å²) in [7, 11) is -3.42. The molecule has 2 saturated heterocycles. The molecule has 0 spiro atoms. The number of fused-ring (bicyclic) bond motifs is 3. The second-order valence-corrected chi connectivity index (χ2v) is 12.2. The van der Waals surface area contributed by atoms with Crippen molar-refractivity contribution in [3.05, 3.63) is 60.6 Å². The predicted octanol–water partition coefficient (Wildman–Crippen LogP) is 3.18. The van der Waals surface area contributed by atoms with Crippen LogP contribution in [0.25, 0.3) is 21.9 Å². The number of benzene rings is 1. The second-order valence-electron chi connectivity index (χ2n) is 10.3. The SMILES string of the molecule is N#Cc1ccc(OCC2CCCN(S(=O)(=O)CN3CCN(c4cc[nH]c5cnc6nccc6c45)CC3)C2)cc1. The fourth-order valence-corrected chi connectivity index (χ4v) is 7.32. The molecule has 1 atom stereocenters. The quantitative estimate of drug-likeness (QED) is 0.376. The molecule has 0 aliphatic carbocycles. The molecule has 4 aromatic rings. The molecule has 6 rings (SSSR count). The number of anilines is 1. The van der Waals surface area contributed by atoms with Crippen LogP contribution in [0.2, 0.25) is 0 Å². The molecule has 39 heavy (non-hydrogen) atoms. The average Bonchev–Trinajstić information content (AvgIpc) is 3.46. The molecule has 0 radical (unpaired) electrons. The third kappa shape index (κ3) is 5.41.